The quantitative estimate of drug-likeness (QED) is 0.593. The number of amides is 1. The monoisotopic (exact) mass is 332 g/mol. The lowest BCUT2D eigenvalue weighted by molar-refractivity contribution is -0.143. The number of unbranched alkanes of at least 4 members (excludes halogenated alkanes) is 1. The first-order valence-electron chi connectivity index (χ1n) is 6.54. The molecule has 7 heteroatoms. The highest BCUT2D eigenvalue weighted by molar-refractivity contribution is 6.39. The largest absolute Gasteiger partial charge is 0.467 e. The van der Waals surface area contributed by atoms with Crippen LogP contribution in [0.5, 0.6) is 0 Å². The minimum Gasteiger partial charge on any atom is -0.467 e. The fourth-order valence-corrected chi connectivity index (χ4v) is 2.40. The zero-order chi connectivity index (χ0) is 15.8. The average molecular weight is 333 g/mol. The maximum atomic E-state index is 12.2. The Morgan fingerprint density at radius 1 is 1.29 bits per heavy atom. The number of hydrogen-bond donors (Lipinski definition) is 2. The van der Waals surface area contributed by atoms with Gasteiger partial charge in [0.15, 0.2) is 0 Å². The molecular formula is C14H18Cl2N2O3. The van der Waals surface area contributed by atoms with E-state index in [4.69, 9.17) is 28.9 Å². The Balaban J connectivity index is 2.82. The van der Waals surface area contributed by atoms with Crippen LogP contribution in [0.25, 0.3) is 0 Å². The molecule has 5 nitrogen and oxygen atoms in total. The number of carbonyl (C=O) groups is 2. The summed E-state index contributed by atoms with van der Waals surface area (Å²) in [5.41, 5.74) is 5.56. The maximum absolute atomic E-state index is 12.2. The third kappa shape index (κ3) is 5.19. The summed E-state index contributed by atoms with van der Waals surface area (Å²) in [6.07, 6.45) is 1.90. The van der Waals surface area contributed by atoms with Gasteiger partial charge in [0.2, 0.25) is 0 Å². The molecule has 0 fully saturated rings. The SMILES string of the molecule is COC(=O)[C@H](CCCCN)NC(=O)c1c(Cl)cccc1Cl. The van der Waals surface area contributed by atoms with E-state index in [-0.39, 0.29) is 15.6 Å². The number of halogens is 2. The summed E-state index contributed by atoms with van der Waals surface area (Å²) in [4.78, 5) is 23.9. The van der Waals surface area contributed by atoms with E-state index in [1.54, 1.807) is 18.2 Å². The molecule has 0 aliphatic carbocycles. The molecule has 0 radical (unpaired) electrons. The van der Waals surface area contributed by atoms with Crippen molar-refractivity contribution in [2.75, 3.05) is 13.7 Å². The first-order chi connectivity index (χ1) is 10.0. The van der Waals surface area contributed by atoms with E-state index in [0.717, 1.165) is 6.42 Å². The molecule has 0 saturated carbocycles. The Bertz CT molecular complexity index is 489. The number of esters is 1. The van der Waals surface area contributed by atoms with E-state index in [1.807, 2.05) is 0 Å². The van der Waals surface area contributed by atoms with E-state index in [0.29, 0.717) is 19.4 Å². The molecule has 1 atom stereocenters. The smallest absolute Gasteiger partial charge is 0.328 e. The van der Waals surface area contributed by atoms with Gasteiger partial charge in [-0.1, -0.05) is 29.3 Å². The molecule has 1 rings (SSSR count). The van der Waals surface area contributed by atoms with Gasteiger partial charge < -0.3 is 15.8 Å². The van der Waals surface area contributed by atoms with Gasteiger partial charge in [-0.3, -0.25) is 4.79 Å². The van der Waals surface area contributed by atoms with Gasteiger partial charge in [0.05, 0.1) is 22.7 Å². The van der Waals surface area contributed by atoms with Gasteiger partial charge in [-0.05, 0) is 37.9 Å². The van der Waals surface area contributed by atoms with Crippen LogP contribution in [-0.2, 0) is 9.53 Å². The number of methoxy groups -OCH3 is 1. The summed E-state index contributed by atoms with van der Waals surface area (Å²) >= 11 is 11.9. The molecule has 3 N–H and O–H groups in total. The van der Waals surface area contributed by atoms with Crippen LogP contribution in [0, 0.1) is 0 Å². The highest BCUT2D eigenvalue weighted by Gasteiger charge is 2.23. The number of carbonyl (C=O) groups excluding carboxylic acids is 2. The molecule has 0 spiro atoms. The Kier molecular flexibility index (Phi) is 7.50. The molecule has 1 aromatic rings. The topological polar surface area (TPSA) is 81.4 Å². The van der Waals surface area contributed by atoms with E-state index >= 15 is 0 Å². The van der Waals surface area contributed by atoms with Gasteiger partial charge in [-0.2, -0.15) is 0 Å². The number of benzene rings is 1. The first-order valence-corrected chi connectivity index (χ1v) is 7.29. The lowest BCUT2D eigenvalue weighted by Gasteiger charge is -2.17. The standard InChI is InChI=1S/C14H18Cl2N2O3/c1-21-14(20)11(7-2-3-8-17)18-13(19)12-9(15)5-4-6-10(12)16/h4-6,11H,2-3,7-8,17H2,1H3,(H,18,19)/t11-/m0/s1. The van der Waals surface area contributed by atoms with E-state index < -0.39 is 17.9 Å². The van der Waals surface area contributed by atoms with Crippen molar-refractivity contribution in [3.63, 3.8) is 0 Å². The van der Waals surface area contributed by atoms with Crippen molar-refractivity contribution >= 4 is 35.1 Å². The van der Waals surface area contributed by atoms with Gasteiger partial charge in [0.25, 0.3) is 5.91 Å². The zero-order valence-electron chi connectivity index (χ0n) is 11.7. The van der Waals surface area contributed by atoms with Crippen molar-refractivity contribution in [1.82, 2.24) is 5.32 Å². The first kappa shape index (κ1) is 17.8. The van der Waals surface area contributed by atoms with Crippen molar-refractivity contribution in [2.24, 2.45) is 5.73 Å². The highest BCUT2D eigenvalue weighted by atomic mass is 35.5. The third-order valence-corrected chi connectivity index (χ3v) is 3.56. The van der Waals surface area contributed by atoms with Crippen LogP contribution in [0.15, 0.2) is 18.2 Å². The summed E-state index contributed by atoms with van der Waals surface area (Å²) in [5.74, 6) is -1.02. The van der Waals surface area contributed by atoms with Crippen molar-refractivity contribution in [1.29, 1.82) is 0 Å². The van der Waals surface area contributed by atoms with Crippen molar-refractivity contribution in [2.45, 2.75) is 25.3 Å². The number of nitrogens with two attached hydrogens (primary N) is 1. The lowest BCUT2D eigenvalue weighted by atomic mass is 10.1. The average Bonchev–Trinajstić information content (AvgIpc) is 2.45. The number of nitrogens with one attached hydrogen (secondary N) is 1. The Morgan fingerprint density at radius 3 is 2.43 bits per heavy atom. The summed E-state index contributed by atoms with van der Waals surface area (Å²) in [5, 5.41) is 3.06. The van der Waals surface area contributed by atoms with Gasteiger partial charge in [-0.25, -0.2) is 4.79 Å². The predicted octanol–water partition coefficient (Wildman–Crippen LogP) is 2.39. The van der Waals surface area contributed by atoms with Gasteiger partial charge in [0, 0.05) is 0 Å². The normalized spacial score (nSPS) is 11.8. The molecule has 0 aromatic heterocycles. The van der Waals surface area contributed by atoms with Crippen molar-refractivity contribution in [3.8, 4) is 0 Å². The molecule has 1 amide bonds. The molecule has 21 heavy (non-hydrogen) atoms. The Hall–Kier alpha value is -1.30. The van der Waals surface area contributed by atoms with Crippen LogP contribution in [0.1, 0.15) is 29.6 Å². The fourth-order valence-electron chi connectivity index (χ4n) is 1.83. The molecule has 116 valence electrons. The number of hydrogen-bond acceptors (Lipinski definition) is 4. The summed E-state index contributed by atoms with van der Waals surface area (Å²) in [7, 11) is 1.27. The van der Waals surface area contributed by atoms with Crippen molar-refractivity contribution in [3.05, 3.63) is 33.8 Å². The summed E-state index contributed by atoms with van der Waals surface area (Å²) < 4.78 is 4.69. The second-order valence-corrected chi connectivity index (χ2v) is 5.24. The molecule has 0 aliphatic rings. The molecule has 0 saturated heterocycles. The van der Waals surface area contributed by atoms with Crippen molar-refractivity contribution < 1.29 is 14.3 Å². The highest BCUT2D eigenvalue weighted by Crippen LogP contribution is 2.24. The predicted molar refractivity (Wildman–Crippen MR) is 82.6 cm³/mol. The fraction of sp³-hybridized carbons (Fsp3) is 0.429. The maximum Gasteiger partial charge on any atom is 0.328 e. The van der Waals surface area contributed by atoms with Crippen LogP contribution in [0.3, 0.4) is 0 Å². The van der Waals surface area contributed by atoms with Gasteiger partial charge in [0.1, 0.15) is 6.04 Å². The molecule has 0 unspecified atom stereocenters. The molecule has 1 aromatic carbocycles. The molecule has 0 bridgehead atoms. The number of ether oxygens (including phenoxy) is 1. The van der Waals surface area contributed by atoms with Crippen LogP contribution in [0.2, 0.25) is 10.0 Å². The van der Waals surface area contributed by atoms with Crippen LogP contribution < -0.4 is 11.1 Å². The van der Waals surface area contributed by atoms with Crippen LogP contribution in [0.4, 0.5) is 0 Å². The minimum absolute atomic E-state index is 0.147. The molecular weight excluding hydrogens is 315 g/mol. The van der Waals surface area contributed by atoms with Gasteiger partial charge in [-0.15, -0.1) is 0 Å². The van der Waals surface area contributed by atoms with Crippen LogP contribution in [-0.4, -0.2) is 31.6 Å². The van der Waals surface area contributed by atoms with Crippen LogP contribution >= 0.6 is 23.2 Å². The number of rotatable bonds is 7. The second-order valence-electron chi connectivity index (χ2n) is 4.43. The summed E-state index contributed by atoms with van der Waals surface area (Å²) in [6.45, 7) is 0.526. The zero-order valence-corrected chi connectivity index (χ0v) is 13.2. The third-order valence-electron chi connectivity index (χ3n) is 2.93. The second kappa shape index (κ2) is 8.87. The summed E-state index contributed by atoms with van der Waals surface area (Å²) in [6, 6.07) is 4.01. The Labute approximate surface area is 133 Å². The molecule has 0 heterocycles. The minimum atomic E-state index is -0.749. The lowest BCUT2D eigenvalue weighted by Crippen LogP contribution is -2.41. The van der Waals surface area contributed by atoms with E-state index in [2.05, 4.69) is 10.1 Å². The molecule has 0 aliphatic heterocycles. The van der Waals surface area contributed by atoms with Gasteiger partial charge >= 0.3 is 5.97 Å². The Morgan fingerprint density at radius 2 is 1.90 bits per heavy atom. The van der Waals surface area contributed by atoms with E-state index in [1.165, 1.54) is 7.11 Å². The van der Waals surface area contributed by atoms with E-state index in [9.17, 15) is 9.59 Å².